The Hall–Kier alpha value is -1.97. The number of H-pyrrole nitrogens is 1. The minimum atomic E-state index is -0.409. The van der Waals surface area contributed by atoms with Crippen molar-refractivity contribution in [2.75, 3.05) is 6.61 Å². The van der Waals surface area contributed by atoms with Crippen molar-refractivity contribution < 1.29 is 14.6 Å². The fourth-order valence-electron chi connectivity index (χ4n) is 1.46. The molecule has 78 valence electrons. The number of benzene rings is 1. The van der Waals surface area contributed by atoms with Crippen molar-refractivity contribution in [1.29, 1.82) is 0 Å². The summed E-state index contributed by atoms with van der Waals surface area (Å²) in [7, 11) is 0. The predicted octanol–water partition coefficient (Wildman–Crippen LogP) is 2.05. The second-order valence-corrected chi connectivity index (χ2v) is 3.14. The van der Waals surface area contributed by atoms with Crippen LogP contribution in [0, 0.1) is 0 Å². The first-order chi connectivity index (χ1) is 7.22. The van der Waals surface area contributed by atoms with Crippen LogP contribution in [-0.2, 0) is 4.74 Å². The van der Waals surface area contributed by atoms with Gasteiger partial charge in [-0.3, -0.25) is 0 Å². The number of aromatic nitrogens is 1. The van der Waals surface area contributed by atoms with Crippen molar-refractivity contribution in [3.8, 4) is 5.75 Å². The van der Waals surface area contributed by atoms with Gasteiger partial charge in [-0.15, -0.1) is 0 Å². The van der Waals surface area contributed by atoms with E-state index in [1.165, 1.54) is 0 Å². The summed E-state index contributed by atoms with van der Waals surface area (Å²) >= 11 is 0. The number of phenolic OH excluding ortho intramolecular Hbond substituents is 1. The highest BCUT2D eigenvalue weighted by Gasteiger charge is 2.11. The maximum atomic E-state index is 11.4. The number of hydrogen-bond acceptors (Lipinski definition) is 3. The summed E-state index contributed by atoms with van der Waals surface area (Å²) < 4.78 is 4.85. The Bertz CT molecular complexity index is 502. The Kier molecular flexibility index (Phi) is 2.33. The highest BCUT2D eigenvalue weighted by atomic mass is 16.5. The normalized spacial score (nSPS) is 10.5. The highest BCUT2D eigenvalue weighted by Crippen LogP contribution is 2.24. The molecule has 0 spiro atoms. The van der Waals surface area contributed by atoms with Gasteiger partial charge in [0, 0.05) is 5.39 Å². The molecule has 1 aromatic heterocycles. The van der Waals surface area contributed by atoms with Crippen LogP contribution >= 0.6 is 0 Å². The zero-order valence-corrected chi connectivity index (χ0v) is 8.28. The van der Waals surface area contributed by atoms with E-state index in [9.17, 15) is 9.90 Å². The van der Waals surface area contributed by atoms with Crippen LogP contribution in [-0.4, -0.2) is 22.7 Å². The molecule has 2 aromatic rings. The Morgan fingerprint density at radius 2 is 2.33 bits per heavy atom. The van der Waals surface area contributed by atoms with Gasteiger partial charge in [-0.05, 0) is 19.1 Å². The van der Waals surface area contributed by atoms with Crippen LogP contribution in [0.5, 0.6) is 5.75 Å². The molecular weight excluding hydrogens is 194 g/mol. The number of aromatic hydroxyl groups is 1. The molecule has 15 heavy (non-hydrogen) atoms. The summed E-state index contributed by atoms with van der Waals surface area (Å²) in [4.78, 5) is 14.2. The van der Waals surface area contributed by atoms with E-state index in [0.717, 1.165) is 5.39 Å². The third-order valence-electron chi connectivity index (χ3n) is 2.13. The van der Waals surface area contributed by atoms with Crippen molar-refractivity contribution >= 4 is 16.9 Å². The van der Waals surface area contributed by atoms with E-state index >= 15 is 0 Å². The van der Waals surface area contributed by atoms with Crippen LogP contribution in [0.1, 0.15) is 17.4 Å². The molecule has 0 saturated heterocycles. The van der Waals surface area contributed by atoms with E-state index in [0.29, 0.717) is 17.8 Å². The van der Waals surface area contributed by atoms with Crippen molar-refractivity contribution in [2.45, 2.75) is 6.92 Å². The molecule has 1 aromatic carbocycles. The van der Waals surface area contributed by atoms with E-state index in [1.54, 1.807) is 25.1 Å². The van der Waals surface area contributed by atoms with E-state index < -0.39 is 5.97 Å². The van der Waals surface area contributed by atoms with Crippen molar-refractivity contribution in [3.63, 3.8) is 0 Å². The molecule has 4 nitrogen and oxygen atoms in total. The van der Waals surface area contributed by atoms with Gasteiger partial charge in [0.25, 0.3) is 0 Å². The first-order valence-electron chi connectivity index (χ1n) is 4.70. The molecule has 0 atom stereocenters. The van der Waals surface area contributed by atoms with Gasteiger partial charge in [0.05, 0.1) is 12.1 Å². The van der Waals surface area contributed by atoms with Gasteiger partial charge in [0.15, 0.2) is 0 Å². The molecule has 2 rings (SSSR count). The number of esters is 1. The summed E-state index contributed by atoms with van der Waals surface area (Å²) in [6.07, 6.45) is 0. The number of rotatable bonds is 2. The quantitative estimate of drug-likeness (QED) is 0.737. The van der Waals surface area contributed by atoms with Gasteiger partial charge in [0.2, 0.25) is 0 Å². The average molecular weight is 205 g/mol. The molecule has 1 heterocycles. The van der Waals surface area contributed by atoms with Crippen LogP contribution in [0.15, 0.2) is 24.3 Å². The molecule has 0 aliphatic rings. The Balaban J connectivity index is 2.47. The molecule has 0 bridgehead atoms. The molecule has 4 heteroatoms. The van der Waals surface area contributed by atoms with Crippen molar-refractivity contribution in [3.05, 3.63) is 30.0 Å². The van der Waals surface area contributed by atoms with E-state index in [4.69, 9.17) is 4.74 Å². The fraction of sp³-hybridized carbons (Fsp3) is 0.182. The van der Waals surface area contributed by atoms with E-state index in [1.807, 2.05) is 6.07 Å². The second kappa shape index (κ2) is 3.65. The molecule has 0 fully saturated rings. The largest absolute Gasteiger partial charge is 0.506 e. The number of carbonyl (C=O) groups excluding carboxylic acids is 1. The number of fused-ring (bicyclic) bond motifs is 1. The minimum Gasteiger partial charge on any atom is -0.506 e. The second-order valence-electron chi connectivity index (χ2n) is 3.14. The maximum absolute atomic E-state index is 11.4. The number of ether oxygens (including phenoxy) is 1. The topological polar surface area (TPSA) is 62.3 Å². The van der Waals surface area contributed by atoms with Crippen LogP contribution in [0.4, 0.5) is 0 Å². The Morgan fingerprint density at radius 3 is 3.00 bits per heavy atom. The molecule has 0 aliphatic carbocycles. The van der Waals surface area contributed by atoms with Gasteiger partial charge in [-0.25, -0.2) is 4.79 Å². The lowest BCUT2D eigenvalue weighted by Gasteiger charge is -1.97. The minimum absolute atomic E-state index is 0.128. The monoisotopic (exact) mass is 205 g/mol. The lowest BCUT2D eigenvalue weighted by atomic mass is 10.2. The Morgan fingerprint density at radius 1 is 1.53 bits per heavy atom. The number of phenols is 1. The van der Waals surface area contributed by atoms with Gasteiger partial charge in [-0.1, -0.05) is 12.1 Å². The lowest BCUT2D eigenvalue weighted by Crippen LogP contribution is -2.04. The lowest BCUT2D eigenvalue weighted by molar-refractivity contribution is 0.0520. The number of carbonyl (C=O) groups is 1. The molecular formula is C11H11NO3. The van der Waals surface area contributed by atoms with Crippen LogP contribution in [0.25, 0.3) is 10.9 Å². The number of para-hydroxylation sites is 1. The molecule has 0 radical (unpaired) electrons. The number of hydrogen-bond donors (Lipinski definition) is 2. The zero-order chi connectivity index (χ0) is 10.8. The van der Waals surface area contributed by atoms with Crippen LogP contribution in [0.3, 0.4) is 0 Å². The molecule has 2 N–H and O–H groups in total. The number of aromatic amines is 1. The summed E-state index contributed by atoms with van der Waals surface area (Å²) in [6, 6.07) is 6.76. The van der Waals surface area contributed by atoms with Crippen LogP contribution < -0.4 is 0 Å². The molecule has 0 aliphatic heterocycles. The number of nitrogens with one attached hydrogen (secondary N) is 1. The fourth-order valence-corrected chi connectivity index (χ4v) is 1.46. The van der Waals surface area contributed by atoms with E-state index in [-0.39, 0.29) is 5.75 Å². The van der Waals surface area contributed by atoms with Gasteiger partial charge < -0.3 is 14.8 Å². The SMILES string of the molecule is CCOC(=O)c1cc2cccc(O)c2[nH]1. The summed E-state index contributed by atoms with van der Waals surface area (Å²) in [6.45, 7) is 2.08. The van der Waals surface area contributed by atoms with E-state index in [2.05, 4.69) is 4.98 Å². The Labute approximate surface area is 86.5 Å². The van der Waals surface area contributed by atoms with Gasteiger partial charge >= 0.3 is 5.97 Å². The van der Waals surface area contributed by atoms with Crippen LogP contribution in [0.2, 0.25) is 0 Å². The molecule has 0 saturated carbocycles. The summed E-state index contributed by atoms with van der Waals surface area (Å²) in [5, 5.41) is 10.3. The highest BCUT2D eigenvalue weighted by molar-refractivity contribution is 5.96. The average Bonchev–Trinajstić information content (AvgIpc) is 2.63. The van der Waals surface area contributed by atoms with Gasteiger partial charge in [0.1, 0.15) is 11.4 Å². The third-order valence-corrected chi connectivity index (χ3v) is 2.13. The first-order valence-corrected chi connectivity index (χ1v) is 4.70. The molecule has 0 unspecified atom stereocenters. The zero-order valence-electron chi connectivity index (χ0n) is 8.28. The van der Waals surface area contributed by atoms with Gasteiger partial charge in [-0.2, -0.15) is 0 Å². The first kappa shape index (κ1) is 9.58. The third kappa shape index (κ3) is 1.66. The predicted molar refractivity (Wildman–Crippen MR) is 55.9 cm³/mol. The smallest absolute Gasteiger partial charge is 0.354 e. The molecule has 0 amide bonds. The summed E-state index contributed by atoms with van der Waals surface area (Å²) in [5.41, 5.74) is 0.911. The summed E-state index contributed by atoms with van der Waals surface area (Å²) in [5.74, 6) is -0.281. The standard InChI is InChI=1S/C11H11NO3/c1-2-15-11(14)8-6-7-4-3-5-9(13)10(7)12-8/h3-6,12-13H,2H2,1H3. The van der Waals surface area contributed by atoms with Crippen molar-refractivity contribution in [1.82, 2.24) is 4.98 Å². The maximum Gasteiger partial charge on any atom is 0.354 e. The van der Waals surface area contributed by atoms with Crippen molar-refractivity contribution in [2.24, 2.45) is 0 Å².